The van der Waals surface area contributed by atoms with E-state index >= 15 is 0 Å². The van der Waals surface area contributed by atoms with Crippen LogP contribution in [0, 0.1) is 5.92 Å². The summed E-state index contributed by atoms with van der Waals surface area (Å²) in [5.41, 5.74) is 0.954. The third kappa shape index (κ3) is 8.38. The molecule has 2 amide bonds. The highest BCUT2D eigenvalue weighted by Gasteiger charge is 2.33. The molecule has 0 aliphatic rings. The number of sulfonamides is 1. The SMILES string of the molecule is CC[C@H](C(=O)NCC(C)C)N(Cc1ccc(Cl)c(Cl)c1)C(=O)CN(c1ccccc1)S(=O)(=O)c1ccc(OC)cc1. The van der Waals surface area contributed by atoms with Crippen molar-refractivity contribution in [2.24, 2.45) is 5.92 Å². The van der Waals surface area contributed by atoms with E-state index in [0.29, 0.717) is 40.0 Å². The van der Waals surface area contributed by atoms with Crippen molar-refractivity contribution >= 4 is 50.7 Å². The Morgan fingerprint density at radius 2 is 1.61 bits per heavy atom. The second-order valence-electron chi connectivity index (χ2n) is 9.86. The van der Waals surface area contributed by atoms with Crippen LogP contribution in [0.5, 0.6) is 5.75 Å². The topological polar surface area (TPSA) is 96.0 Å². The van der Waals surface area contributed by atoms with Crippen LogP contribution < -0.4 is 14.4 Å². The van der Waals surface area contributed by atoms with Crippen molar-refractivity contribution in [3.05, 3.63) is 88.4 Å². The Hall–Kier alpha value is -3.27. The van der Waals surface area contributed by atoms with Gasteiger partial charge in [0.2, 0.25) is 11.8 Å². The van der Waals surface area contributed by atoms with Gasteiger partial charge < -0.3 is 15.0 Å². The molecule has 1 atom stereocenters. The van der Waals surface area contributed by atoms with Gasteiger partial charge in [0.05, 0.1) is 27.7 Å². The number of nitrogens with one attached hydrogen (secondary N) is 1. The van der Waals surface area contributed by atoms with E-state index in [0.717, 1.165) is 4.31 Å². The molecule has 0 spiro atoms. The maximum absolute atomic E-state index is 14.1. The Kier molecular flexibility index (Phi) is 11.5. The van der Waals surface area contributed by atoms with Gasteiger partial charge in [-0.1, -0.05) is 68.2 Å². The molecule has 0 unspecified atom stereocenters. The molecule has 0 aliphatic heterocycles. The van der Waals surface area contributed by atoms with Gasteiger partial charge in [0.25, 0.3) is 10.0 Å². The Morgan fingerprint density at radius 3 is 2.17 bits per heavy atom. The molecule has 11 heteroatoms. The Morgan fingerprint density at radius 1 is 0.951 bits per heavy atom. The maximum atomic E-state index is 14.1. The fourth-order valence-electron chi connectivity index (χ4n) is 4.17. The Balaban J connectivity index is 2.03. The molecule has 3 rings (SSSR count). The van der Waals surface area contributed by atoms with Crippen LogP contribution in [0.1, 0.15) is 32.8 Å². The molecule has 0 saturated heterocycles. The predicted octanol–water partition coefficient (Wildman–Crippen LogP) is 5.78. The summed E-state index contributed by atoms with van der Waals surface area (Å²) in [5.74, 6) is -0.168. The molecule has 3 aromatic carbocycles. The average Bonchev–Trinajstić information content (AvgIpc) is 2.96. The van der Waals surface area contributed by atoms with Crippen molar-refractivity contribution in [2.45, 2.75) is 44.7 Å². The molecule has 3 aromatic rings. The number of ether oxygens (including phenoxy) is 1. The molecule has 0 heterocycles. The quantitative estimate of drug-likeness (QED) is 0.262. The summed E-state index contributed by atoms with van der Waals surface area (Å²) < 4.78 is 34.0. The molecular formula is C30H35Cl2N3O5S. The van der Waals surface area contributed by atoms with E-state index in [2.05, 4.69) is 5.32 Å². The van der Waals surface area contributed by atoms with Gasteiger partial charge in [0, 0.05) is 13.1 Å². The first-order valence-electron chi connectivity index (χ1n) is 13.2. The fourth-order valence-corrected chi connectivity index (χ4v) is 5.91. The molecular weight excluding hydrogens is 585 g/mol. The van der Waals surface area contributed by atoms with Crippen LogP contribution in [0.25, 0.3) is 0 Å². The molecule has 0 saturated carbocycles. The number of para-hydroxylation sites is 1. The van der Waals surface area contributed by atoms with Crippen LogP contribution in [0.3, 0.4) is 0 Å². The standard InChI is InChI=1S/C30H35Cl2N3O5S/c1-5-28(30(37)33-18-21(2)3)34(19-22-11-16-26(31)27(32)17-22)29(36)20-35(23-9-7-6-8-10-23)41(38,39)25-14-12-24(40-4)13-15-25/h6-17,21,28H,5,18-20H2,1-4H3,(H,33,37)/t28-/m1/s1. The Bertz CT molecular complexity index is 1430. The lowest BCUT2D eigenvalue weighted by molar-refractivity contribution is -0.140. The minimum absolute atomic E-state index is 0.00676. The second-order valence-corrected chi connectivity index (χ2v) is 12.5. The number of carbonyl (C=O) groups is 2. The van der Waals surface area contributed by atoms with E-state index in [1.807, 2.05) is 13.8 Å². The molecule has 0 bridgehead atoms. The number of carbonyl (C=O) groups excluding carboxylic acids is 2. The largest absolute Gasteiger partial charge is 0.497 e. The first-order valence-corrected chi connectivity index (χ1v) is 15.4. The number of hydrogen-bond acceptors (Lipinski definition) is 5. The van der Waals surface area contributed by atoms with Crippen LogP contribution in [-0.2, 0) is 26.2 Å². The van der Waals surface area contributed by atoms with Crippen molar-refractivity contribution < 1.29 is 22.7 Å². The highest BCUT2D eigenvalue weighted by Crippen LogP contribution is 2.27. The van der Waals surface area contributed by atoms with Crippen molar-refractivity contribution in [1.29, 1.82) is 0 Å². The van der Waals surface area contributed by atoms with Crippen molar-refractivity contribution in [2.75, 3.05) is 24.5 Å². The first kappa shape index (κ1) is 32.2. The van der Waals surface area contributed by atoms with Gasteiger partial charge in [-0.3, -0.25) is 13.9 Å². The summed E-state index contributed by atoms with van der Waals surface area (Å²) in [6.45, 7) is 5.68. The molecule has 41 heavy (non-hydrogen) atoms. The lowest BCUT2D eigenvalue weighted by Gasteiger charge is -2.33. The highest BCUT2D eigenvalue weighted by molar-refractivity contribution is 7.92. The lowest BCUT2D eigenvalue weighted by atomic mass is 10.1. The Labute approximate surface area is 252 Å². The number of nitrogens with zero attached hydrogens (tertiary/aromatic N) is 2. The number of benzene rings is 3. The molecule has 0 radical (unpaired) electrons. The van der Waals surface area contributed by atoms with Gasteiger partial charge in [0.1, 0.15) is 18.3 Å². The summed E-state index contributed by atoms with van der Waals surface area (Å²) in [5, 5.41) is 3.57. The zero-order valence-corrected chi connectivity index (χ0v) is 25.8. The van der Waals surface area contributed by atoms with E-state index in [1.54, 1.807) is 67.6 Å². The summed E-state index contributed by atoms with van der Waals surface area (Å²) in [6.07, 6.45) is 0.313. The summed E-state index contributed by atoms with van der Waals surface area (Å²) >= 11 is 12.3. The second kappa shape index (κ2) is 14.6. The summed E-state index contributed by atoms with van der Waals surface area (Å²) in [7, 11) is -2.69. The third-order valence-electron chi connectivity index (χ3n) is 6.38. The number of halogens is 2. The van der Waals surface area contributed by atoms with Crippen LogP contribution in [0.4, 0.5) is 5.69 Å². The van der Waals surface area contributed by atoms with Crippen molar-refractivity contribution in [3.63, 3.8) is 0 Å². The van der Waals surface area contributed by atoms with E-state index < -0.39 is 28.5 Å². The first-order chi connectivity index (χ1) is 19.5. The average molecular weight is 621 g/mol. The van der Waals surface area contributed by atoms with E-state index in [9.17, 15) is 18.0 Å². The number of methoxy groups -OCH3 is 1. The molecule has 220 valence electrons. The monoisotopic (exact) mass is 619 g/mol. The number of rotatable bonds is 13. The fraction of sp³-hybridized carbons (Fsp3) is 0.333. The molecule has 1 N–H and O–H groups in total. The molecule has 0 fully saturated rings. The third-order valence-corrected chi connectivity index (χ3v) is 8.90. The maximum Gasteiger partial charge on any atom is 0.264 e. The summed E-state index contributed by atoms with van der Waals surface area (Å²) in [4.78, 5) is 28.7. The van der Waals surface area contributed by atoms with Gasteiger partial charge in [-0.25, -0.2) is 8.42 Å². The number of amides is 2. The van der Waals surface area contributed by atoms with Crippen LogP contribution in [0.2, 0.25) is 10.0 Å². The van der Waals surface area contributed by atoms with E-state index in [4.69, 9.17) is 27.9 Å². The van der Waals surface area contributed by atoms with Crippen LogP contribution in [-0.4, -0.2) is 51.4 Å². The molecule has 0 aliphatic carbocycles. The normalized spacial score (nSPS) is 12.1. The molecule has 0 aromatic heterocycles. The zero-order valence-electron chi connectivity index (χ0n) is 23.5. The lowest BCUT2D eigenvalue weighted by Crippen LogP contribution is -2.52. The highest BCUT2D eigenvalue weighted by atomic mass is 35.5. The van der Waals surface area contributed by atoms with Gasteiger partial charge in [-0.05, 0) is 66.4 Å². The van der Waals surface area contributed by atoms with Crippen molar-refractivity contribution in [1.82, 2.24) is 10.2 Å². The zero-order chi connectivity index (χ0) is 30.2. The number of hydrogen-bond donors (Lipinski definition) is 1. The molecule has 8 nitrogen and oxygen atoms in total. The minimum Gasteiger partial charge on any atom is -0.497 e. The van der Waals surface area contributed by atoms with Gasteiger partial charge in [-0.15, -0.1) is 0 Å². The van der Waals surface area contributed by atoms with Gasteiger partial charge in [0.15, 0.2) is 0 Å². The van der Waals surface area contributed by atoms with Crippen LogP contribution in [0.15, 0.2) is 77.7 Å². The van der Waals surface area contributed by atoms with E-state index in [1.165, 1.54) is 24.1 Å². The number of anilines is 1. The van der Waals surface area contributed by atoms with Crippen molar-refractivity contribution in [3.8, 4) is 5.75 Å². The predicted molar refractivity (Wildman–Crippen MR) is 163 cm³/mol. The summed E-state index contributed by atoms with van der Waals surface area (Å²) in [6, 6.07) is 18.4. The minimum atomic E-state index is -4.18. The van der Waals surface area contributed by atoms with E-state index in [-0.39, 0.29) is 23.3 Å². The smallest absolute Gasteiger partial charge is 0.264 e. The van der Waals surface area contributed by atoms with Crippen LogP contribution >= 0.6 is 23.2 Å². The van der Waals surface area contributed by atoms with Gasteiger partial charge >= 0.3 is 0 Å². The van der Waals surface area contributed by atoms with Gasteiger partial charge in [-0.2, -0.15) is 0 Å².